The van der Waals surface area contributed by atoms with Crippen LogP contribution >= 0.6 is 0 Å². The molecule has 0 fully saturated rings. The first kappa shape index (κ1) is 33.0. The van der Waals surface area contributed by atoms with Gasteiger partial charge >= 0.3 is 5.97 Å². The number of carboxylic acid groups (broad SMARTS) is 1. The lowest BCUT2D eigenvalue weighted by Crippen LogP contribution is -2.88. The molecule has 6 heteroatoms. The predicted octanol–water partition coefficient (Wildman–Crippen LogP) is 3.67. The molecule has 35 heavy (non-hydrogen) atoms. The Bertz CT molecular complexity index is 653. The highest BCUT2D eigenvalue weighted by molar-refractivity contribution is 5.83. The van der Waals surface area contributed by atoms with Crippen molar-refractivity contribution in [1.29, 1.82) is 0 Å². The number of rotatable bonds is 20. The minimum absolute atomic E-state index is 0.0714. The molecule has 0 atom stereocenters. The first-order valence-electron chi connectivity index (χ1n) is 13.4. The average Bonchev–Trinajstić information content (AvgIpc) is 2.82. The Morgan fingerprint density at radius 2 is 1.34 bits per heavy atom. The smallest absolute Gasteiger partial charge is 0.327 e. The van der Waals surface area contributed by atoms with Crippen LogP contribution in [0.1, 0.15) is 102 Å². The Morgan fingerprint density at radius 1 is 0.829 bits per heavy atom. The van der Waals surface area contributed by atoms with Crippen molar-refractivity contribution in [3.8, 4) is 0 Å². The Hall–Kier alpha value is -1.99. The summed E-state index contributed by atoms with van der Waals surface area (Å²) in [4.78, 5) is 9.97. The van der Waals surface area contributed by atoms with Gasteiger partial charge in [0.2, 0.25) is 0 Å². The highest BCUT2D eigenvalue weighted by Gasteiger charge is 2.19. The SMILES string of the molecule is CCCCCCCC/C=C\CCCCCCCC[NH2+]CC(O)(O)O.O=C([O-])C=Cc1ccccc1. The minimum Gasteiger partial charge on any atom is -0.545 e. The van der Waals surface area contributed by atoms with E-state index in [1.54, 1.807) is 5.32 Å². The minimum atomic E-state index is -2.53. The molecule has 0 radical (unpaired) electrons. The average molecular weight is 492 g/mol. The van der Waals surface area contributed by atoms with Gasteiger partial charge < -0.3 is 30.5 Å². The van der Waals surface area contributed by atoms with Crippen LogP contribution in [-0.4, -0.2) is 40.4 Å². The van der Waals surface area contributed by atoms with E-state index in [-0.39, 0.29) is 6.54 Å². The van der Waals surface area contributed by atoms with Crippen LogP contribution in [0.4, 0.5) is 0 Å². The maximum Gasteiger partial charge on any atom is 0.327 e. The van der Waals surface area contributed by atoms with Crippen LogP contribution in [0.25, 0.3) is 6.08 Å². The van der Waals surface area contributed by atoms with Gasteiger partial charge in [0, 0.05) is 0 Å². The van der Waals surface area contributed by atoms with Crippen LogP contribution in [0.5, 0.6) is 0 Å². The van der Waals surface area contributed by atoms with E-state index in [1.165, 1.54) is 89.5 Å². The largest absolute Gasteiger partial charge is 0.545 e. The van der Waals surface area contributed by atoms with Gasteiger partial charge in [-0.1, -0.05) is 107 Å². The summed E-state index contributed by atoms with van der Waals surface area (Å²) in [6, 6.07) is 9.19. The van der Waals surface area contributed by atoms with Crippen molar-refractivity contribution in [2.75, 3.05) is 13.1 Å². The summed E-state index contributed by atoms with van der Waals surface area (Å²) < 4.78 is 0. The van der Waals surface area contributed by atoms with E-state index < -0.39 is 11.9 Å². The van der Waals surface area contributed by atoms with E-state index in [0.29, 0.717) is 0 Å². The van der Waals surface area contributed by atoms with Crippen LogP contribution in [-0.2, 0) is 4.79 Å². The zero-order valence-corrected chi connectivity index (χ0v) is 21.7. The highest BCUT2D eigenvalue weighted by atomic mass is 16.7. The van der Waals surface area contributed by atoms with Crippen LogP contribution < -0.4 is 10.4 Å². The maximum absolute atomic E-state index is 9.97. The number of carboxylic acids is 1. The van der Waals surface area contributed by atoms with Gasteiger partial charge in [0.25, 0.3) is 0 Å². The lowest BCUT2D eigenvalue weighted by molar-refractivity contribution is -0.688. The van der Waals surface area contributed by atoms with Gasteiger partial charge in [-0.2, -0.15) is 0 Å². The number of hydrogen-bond donors (Lipinski definition) is 4. The van der Waals surface area contributed by atoms with Crippen molar-refractivity contribution in [1.82, 2.24) is 0 Å². The zero-order chi connectivity index (χ0) is 26.0. The molecule has 0 aliphatic carbocycles. The number of aliphatic carboxylic acids is 1. The van der Waals surface area contributed by atoms with Crippen LogP contribution in [0.2, 0.25) is 0 Å². The molecule has 0 bridgehead atoms. The molecule has 0 aliphatic heterocycles. The molecule has 0 spiro atoms. The number of aliphatic hydroxyl groups is 3. The number of unbranched alkanes of at least 4 members (excludes halogenated alkanes) is 12. The Balaban J connectivity index is 0.000000867. The lowest BCUT2D eigenvalue weighted by Gasteiger charge is -2.11. The van der Waals surface area contributed by atoms with Gasteiger partial charge in [-0.05, 0) is 50.2 Å². The van der Waals surface area contributed by atoms with Crippen molar-refractivity contribution in [3.05, 3.63) is 54.1 Å². The topological polar surface area (TPSA) is 117 Å². The van der Waals surface area contributed by atoms with Crippen LogP contribution in [0, 0.1) is 0 Å². The summed E-state index contributed by atoms with van der Waals surface area (Å²) in [7, 11) is 0. The molecular weight excluding hydrogens is 442 g/mol. The quantitative estimate of drug-likeness (QED) is 0.0961. The normalized spacial score (nSPS) is 11.7. The third-order valence-corrected chi connectivity index (χ3v) is 5.55. The van der Waals surface area contributed by atoms with Crippen LogP contribution in [0.15, 0.2) is 48.6 Å². The second-order valence-electron chi connectivity index (χ2n) is 9.06. The molecule has 0 aromatic heterocycles. The number of carbonyl (C=O) groups excluding carboxylic acids is 1. The fraction of sp³-hybridized carbons (Fsp3) is 0.621. The van der Waals surface area contributed by atoms with E-state index in [0.717, 1.165) is 24.6 Å². The third-order valence-electron chi connectivity index (χ3n) is 5.55. The van der Waals surface area contributed by atoms with E-state index in [2.05, 4.69) is 19.1 Å². The lowest BCUT2D eigenvalue weighted by atomic mass is 10.1. The second-order valence-corrected chi connectivity index (χ2v) is 9.06. The first-order chi connectivity index (χ1) is 16.8. The maximum atomic E-state index is 9.97. The molecule has 0 aliphatic rings. The first-order valence-corrected chi connectivity index (χ1v) is 13.4. The summed E-state index contributed by atoms with van der Waals surface area (Å²) in [5.74, 6) is -3.70. The zero-order valence-electron chi connectivity index (χ0n) is 21.7. The molecule has 1 rings (SSSR count). The third kappa shape index (κ3) is 28.1. The number of nitrogens with two attached hydrogens (primary N) is 1. The Morgan fingerprint density at radius 3 is 1.86 bits per heavy atom. The predicted molar refractivity (Wildman–Crippen MR) is 141 cm³/mol. The van der Waals surface area contributed by atoms with Crippen molar-refractivity contribution in [3.63, 3.8) is 0 Å². The number of hydrogen-bond acceptors (Lipinski definition) is 5. The van der Waals surface area contributed by atoms with Crippen molar-refractivity contribution in [2.24, 2.45) is 0 Å². The molecule has 1 aromatic carbocycles. The Kier molecular flexibility index (Phi) is 22.4. The van der Waals surface area contributed by atoms with Gasteiger partial charge in [0.05, 0.1) is 12.5 Å². The highest BCUT2D eigenvalue weighted by Crippen LogP contribution is 2.09. The van der Waals surface area contributed by atoms with Crippen molar-refractivity contribution >= 4 is 12.0 Å². The molecule has 0 saturated carbocycles. The fourth-order valence-electron chi connectivity index (χ4n) is 3.56. The summed E-state index contributed by atoms with van der Waals surface area (Å²) in [5, 5.41) is 37.9. The van der Waals surface area contributed by atoms with Gasteiger partial charge in [-0.3, -0.25) is 0 Å². The summed E-state index contributed by atoms with van der Waals surface area (Å²) in [6.07, 6.45) is 25.3. The molecule has 0 saturated heterocycles. The van der Waals surface area contributed by atoms with Gasteiger partial charge in [0.1, 0.15) is 0 Å². The molecule has 0 unspecified atom stereocenters. The number of carbonyl (C=O) groups is 1. The molecule has 5 N–H and O–H groups in total. The number of quaternary nitrogens is 1. The van der Waals surface area contributed by atoms with Gasteiger partial charge in [0.15, 0.2) is 6.54 Å². The molecule has 1 aromatic rings. The number of benzene rings is 1. The van der Waals surface area contributed by atoms with E-state index in [9.17, 15) is 9.90 Å². The monoisotopic (exact) mass is 491 g/mol. The molecule has 6 nitrogen and oxygen atoms in total. The van der Waals surface area contributed by atoms with Crippen molar-refractivity contribution in [2.45, 2.75) is 103 Å². The molecule has 200 valence electrons. The second kappa shape index (κ2) is 23.7. The Labute approximate surface area is 212 Å². The van der Waals surface area contributed by atoms with Crippen molar-refractivity contribution < 1.29 is 30.5 Å². The standard InChI is InChI=1S/C20H41NO3.C9H8O2/c1-2-3-4-5-6-7-8-9-10-11-12-13-14-15-16-17-18-21-19-20(22,23)24;10-9(11)7-6-8-4-2-1-3-5-8/h9-10,21-24H,2-8,11-19H2,1H3;1-7H,(H,10,11)/b10-9-;. The number of allylic oxidation sites excluding steroid dienone is 2. The van der Waals surface area contributed by atoms with Crippen LogP contribution in [0.3, 0.4) is 0 Å². The van der Waals surface area contributed by atoms with E-state index in [1.807, 2.05) is 30.3 Å². The van der Waals surface area contributed by atoms with Gasteiger partial charge in [-0.15, -0.1) is 0 Å². The van der Waals surface area contributed by atoms with Gasteiger partial charge in [-0.25, -0.2) is 0 Å². The van der Waals surface area contributed by atoms with E-state index >= 15 is 0 Å². The summed E-state index contributed by atoms with van der Waals surface area (Å²) in [5.41, 5.74) is 0.858. The summed E-state index contributed by atoms with van der Waals surface area (Å²) in [6.45, 7) is 3.03. The molecule has 0 amide bonds. The van der Waals surface area contributed by atoms with E-state index in [4.69, 9.17) is 15.3 Å². The summed E-state index contributed by atoms with van der Waals surface area (Å²) >= 11 is 0. The fourth-order valence-corrected chi connectivity index (χ4v) is 3.56. The molecular formula is C29H49NO5. The molecule has 0 heterocycles.